The Morgan fingerprint density at radius 1 is 1.08 bits per heavy atom. The molecule has 0 aliphatic heterocycles. The van der Waals surface area contributed by atoms with E-state index in [-0.39, 0.29) is 37.2 Å². The molecule has 0 spiro atoms. The summed E-state index contributed by atoms with van der Waals surface area (Å²) < 4.78 is 65.9. The molecular formula is C24H18Cl2F3N5O3S2. The number of rotatable bonds is 7. The Bertz CT molecular complexity index is 1720. The van der Waals surface area contributed by atoms with Gasteiger partial charge >= 0.3 is 6.18 Å². The smallest absolute Gasteiger partial charge is 0.324 e. The molecule has 1 aliphatic carbocycles. The van der Waals surface area contributed by atoms with E-state index >= 15 is 0 Å². The van der Waals surface area contributed by atoms with Crippen LogP contribution < -0.4 is 10.5 Å². The highest BCUT2D eigenvalue weighted by Crippen LogP contribution is 2.47. The van der Waals surface area contributed by atoms with Crippen LogP contribution in [0.3, 0.4) is 0 Å². The van der Waals surface area contributed by atoms with Crippen molar-refractivity contribution in [2.45, 2.75) is 35.0 Å². The van der Waals surface area contributed by atoms with Crippen LogP contribution in [-0.2, 0) is 21.0 Å². The number of benzene rings is 3. The molecule has 204 valence electrons. The predicted octanol–water partition coefficient (Wildman–Crippen LogP) is 6.00. The van der Waals surface area contributed by atoms with Crippen LogP contribution in [0.2, 0.25) is 10.0 Å². The second kappa shape index (κ2) is 10.3. The molecule has 0 unspecified atom stereocenters. The number of nitrogens with one attached hydrogen (secondary N) is 1. The van der Waals surface area contributed by atoms with Gasteiger partial charge in [0.05, 0.1) is 32.1 Å². The highest BCUT2D eigenvalue weighted by Gasteiger charge is 2.40. The molecule has 39 heavy (non-hydrogen) atoms. The normalized spacial score (nSPS) is 14.1. The van der Waals surface area contributed by atoms with Crippen molar-refractivity contribution in [2.75, 3.05) is 11.1 Å². The van der Waals surface area contributed by atoms with E-state index < -0.39 is 27.9 Å². The number of anilines is 1. The highest BCUT2D eigenvalue weighted by atomic mass is 35.5. The number of amides is 1. The molecule has 1 heterocycles. The van der Waals surface area contributed by atoms with Gasteiger partial charge in [0.15, 0.2) is 5.16 Å². The van der Waals surface area contributed by atoms with E-state index in [0.29, 0.717) is 11.3 Å². The summed E-state index contributed by atoms with van der Waals surface area (Å²) in [5.74, 6) is -1.97. The molecule has 0 atom stereocenters. The van der Waals surface area contributed by atoms with Crippen LogP contribution in [0, 0.1) is 0 Å². The second-order valence-corrected chi connectivity index (χ2v) is 12.1. The van der Waals surface area contributed by atoms with Crippen LogP contribution in [0.1, 0.15) is 30.1 Å². The summed E-state index contributed by atoms with van der Waals surface area (Å²) in [6, 6.07) is 12.2. The molecule has 3 aromatic carbocycles. The van der Waals surface area contributed by atoms with Crippen LogP contribution >= 0.6 is 35.0 Å². The summed E-state index contributed by atoms with van der Waals surface area (Å²) in [6.07, 6.45) is -2.90. The number of carbonyl (C=O) groups excluding carboxylic acids is 1. The Hall–Kier alpha value is -2.84. The third kappa shape index (κ3) is 5.73. The van der Waals surface area contributed by atoms with E-state index in [0.717, 1.165) is 52.3 Å². The van der Waals surface area contributed by atoms with Gasteiger partial charge in [-0.05, 0) is 54.0 Å². The van der Waals surface area contributed by atoms with Crippen molar-refractivity contribution >= 4 is 67.4 Å². The number of nitrogens with zero attached hydrogens (tertiary/aromatic N) is 3. The lowest BCUT2D eigenvalue weighted by molar-refractivity contribution is -0.146. The summed E-state index contributed by atoms with van der Waals surface area (Å²) in [4.78, 5) is 12.4. The largest absolute Gasteiger partial charge is 0.452 e. The molecule has 15 heteroatoms. The summed E-state index contributed by atoms with van der Waals surface area (Å²) in [6.45, 7) is 0. The lowest BCUT2D eigenvalue weighted by atomic mass is 9.99. The lowest BCUT2D eigenvalue weighted by Gasteiger charge is -2.18. The van der Waals surface area contributed by atoms with E-state index in [4.69, 9.17) is 28.3 Å². The standard InChI is InChI=1S/C24H18Cl2F3N5O3S2/c25-17-9-13(39(30,36)37)7-8-19(17)31-20(35)11-38-23-33-32-22(24(27,28)29)34(23)21-15-4-2-1-3-14(15)16(10-18(21)26)12-5-6-12/h1-4,7-10,12H,5-6,11H2,(H,31,35)(H2,30,36,37). The number of hydrogen-bond acceptors (Lipinski definition) is 6. The number of alkyl halides is 3. The van der Waals surface area contributed by atoms with Crippen molar-refractivity contribution in [3.8, 4) is 5.69 Å². The average Bonchev–Trinajstić information content (AvgIpc) is 3.61. The first kappa shape index (κ1) is 27.7. The fourth-order valence-corrected chi connectivity index (χ4v) is 6.03. The van der Waals surface area contributed by atoms with Crippen molar-refractivity contribution in [1.82, 2.24) is 14.8 Å². The Morgan fingerprint density at radius 2 is 1.77 bits per heavy atom. The van der Waals surface area contributed by atoms with Crippen molar-refractivity contribution < 1.29 is 26.4 Å². The van der Waals surface area contributed by atoms with Gasteiger partial charge in [-0.2, -0.15) is 13.2 Å². The van der Waals surface area contributed by atoms with Crippen LogP contribution in [0.5, 0.6) is 0 Å². The maximum atomic E-state index is 14.0. The zero-order valence-electron chi connectivity index (χ0n) is 19.7. The fraction of sp³-hybridized carbons (Fsp3) is 0.208. The average molecular weight is 616 g/mol. The van der Waals surface area contributed by atoms with Gasteiger partial charge in [-0.15, -0.1) is 10.2 Å². The van der Waals surface area contributed by atoms with Crippen LogP contribution in [0.25, 0.3) is 16.5 Å². The molecule has 8 nitrogen and oxygen atoms in total. The van der Waals surface area contributed by atoms with E-state index in [2.05, 4.69) is 15.5 Å². The molecule has 1 fully saturated rings. The van der Waals surface area contributed by atoms with Gasteiger partial charge in [0, 0.05) is 5.39 Å². The molecule has 4 aromatic rings. The third-order valence-electron chi connectivity index (χ3n) is 6.00. The number of primary sulfonamides is 1. The first-order valence-corrected chi connectivity index (χ1v) is 14.6. The molecule has 1 amide bonds. The molecule has 1 aromatic heterocycles. The molecule has 0 radical (unpaired) electrons. The van der Waals surface area contributed by atoms with E-state index in [9.17, 15) is 26.4 Å². The Labute approximate surface area is 234 Å². The maximum absolute atomic E-state index is 14.0. The Balaban J connectivity index is 1.48. The number of sulfonamides is 1. The monoisotopic (exact) mass is 615 g/mol. The van der Waals surface area contributed by atoms with E-state index in [1.807, 2.05) is 12.1 Å². The van der Waals surface area contributed by atoms with Gasteiger partial charge in [-0.3, -0.25) is 9.36 Å². The number of fused-ring (bicyclic) bond motifs is 1. The predicted molar refractivity (Wildman–Crippen MR) is 143 cm³/mol. The lowest BCUT2D eigenvalue weighted by Crippen LogP contribution is -2.17. The molecule has 0 bridgehead atoms. The zero-order valence-corrected chi connectivity index (χ0v) is 22.8. The minimum Gasteiger partial charge on any atom is -0.324 e. The number of halogens is 5. The van der Waals surface area contributed by atoms with Crippen molar-refractivity contribution in [1.29, 1.82) is 0 Å². The zero-order chi connectivity index (χ0) is 28.1. The van der Waals surface area contributed by atoms with E-state index in [1.165, 1.54) is 6.07 Å². The van der Waals surface area contributed by atoms with Gasteiger partial charge in [0.1, 0.15) is 0 Å². The number of nitrogens with two attached hydrogens (primary N) is 1. The van der Waals surface area contributed by atoms with Gasteiger partial charge in [-0.25, -0.2) is 13.6 Å². The number of carbonyl (C=O) groups is 1. The topological polar surface area (TPSA) is 120 Å². The van der Waals surface area contributed by atoms with Gasteiger partial charge < -0.3 is 5.32 Å². The second-order valence-electron chi connectivity index (χ2n) is 8.78. The van der Waals surface area contributed by atoms with Crippen LogP contribution in [0.15, 0.2) is 58.6 Å². The summed E-state index contributed by atoms with van der Waals surface area (Å²) in [7, 11) is -4.00. The molecular weight excluding hydrogens is 598 g/mol. The van der Waals surface area contributed by atoms with Gasteiger partial charge in [-0.1, -0.05) is 59.2 Å². The minimum atomic E-state index is -4.85. The van der Waals surface area contributed by atoms with Crippen LogP contribution in [0.4, 0.5) is 18.9 Å². The fourth-order valence-electron chi connectivity index (χ4n) is 4.15. The number of thioether (sulfide) groups is 1. The first-order valence-electron chi connectivity index (χ1n) is 11.3. The quantitative estimate of drug-likeness (QED) is 0.246. The van der Waals surface area contributed by atoms with Gasteiger partial charge in [0.2, 0.25) is 21.8 Å². The Kier molecular flexibility index (Phi) is 7.31. The molecule has 1 saturated carbocycles. The number of hydrogen-bond donors (Lipinski definition) is 2. The Morgan fingerprint density at radius 3 is 2.38 bits per heavy atom. The van der Waals surface area contributed by atoms with Crippen molar-refractivity contribution in [2.24, 2.45) is 5.14 Å². The summed E-state index contributed by atoms with van der Waals surface area (Å²) >= 11 is 13.4. The van der Waals surface area contributed by atoms with Crippen molar-refractivity contribution in [3.05, 3.63) is 70.0 Å². The highest BCUT2D eigenvalue weighted by molar-refractivity contribution is 7.99. The van der Waals surface area contributed by atoms with Gasteiger partial charge in [0.25, 0.3) is 0 Å². The van der Waals surface area contributed by atoms with E-state index in [1.54, 1.807) is 18.2 Å². The van der Waals surface area contributed by atoms with Crippen LogP contribution in [-0.4, -0.2) is 34.8 Å². The summed E-state index contributed by atoms with van der Waals surface area (Å²) in [5, 5.41) is 15.8. The minimum absolute atomic E-state index is 0.0681. The molecule has 5 rings (SSSR count). The molecule has 1 aliphatic rings. The first-order chi connectivity index (χ1) is 18.3. The molecule has 3 N–H and O–H groups in total. The third-order valence-corrected chi connectivity index (χ3v) is 8.45. The number of aromatic nitrogens is 3. The van der Waals surface area contributed by atoms with Crippen molar-refractivity contribution in [3.63, 3.8) is 0 Å². The SMILES string of the molecule is NS(=O)(=O)c1ccc(NC(=O)CSc2nnc(C(F)(F)F)n2-c2c(Cl)cc(C3CC3)c3ccccc23)c(Cl)c1. The summed E-state index contributed by atoms with van der Waals surface area (Å²) in [5.41, 5.74) is 1.13. The maximum Gasteiger partial charge on any atom is 0.452 e. The molecule has 0 saturated heterocycles.